The van der Waals surface area contributed by atoms with Gasteiger partial charge in [0.05, 0.1) is 11.4 Å². The van der Waals surface area contributed by atoms with Crippen molar-refractivity contribution in [2.75, 3.05) is 4.90 Å². The molecule has 0 unspecified atom stereocenters. The molecule has 30 heavy (non-hydrogen) atoms. The first kappa shape index (κ1) is 18.4. The van der Waals surface area contributed by atoms with Crippen molar-refractivity contribution in [2.45, 2.75) is 0 Å². The molecule has 5 rings (SSSR count). The van der Waals surface area contributed by atoms with Crippen LogP contribution in [0.3, 0.4) is 0 Å². The third-order valence-corrected chi connectivity index (χ3v) is 5.50. The monoisotopic (exact) mass is 407 g/mol. The van der Waals surface area contributed by atoms with E-state index in [9.17, 15) is 4.79 Å². The second-order valence-corrected chi connectivity index (χ2v) is 7.62. The number of fused-ring (bicyclic) bond motifs is 1. The maximum atomic E-state index is 13.6. The van der Waals surface area contributed by atoms with Crippen molar-refractivity contribution < 1.29 is 4.79 Å². The first-order chi connectivity index (χ1) is 14.7. The molecule has 0 bridgehead atoms. The normalized spacial score (nSPS) is 15.1. The van der Waals surface area contributed by atoms with Gasteiger partial charge in [-0.25, -0.2) is 0 Å². The molecule has 2 nitrogen and oxygen atoms in total. The predicted octanol–water partition coefficient (Wildman–Crippen LogP) is 6.96. The Kier molecular flexibility index (Phi) is 4.70. The molecular formula is C27H18ClNO. The lowest BCUT2D eigenvalue weighted by molar-refractivity contribution is -0.113. The van der Waals surface area contributed by atoms with Crippen LogP contribution in [0, 0.1) is 0 Å². The van der Waals surface area contributed by atoms with Crippen LogP contribution in [0.2, 0.25) is 5.02 Å². The predicted molar refractivity (Wildman–Crippen MR) is 125 cm³/mol. The summed E-state index contributed by atoms with van der Waals surface area (Å²) < 4.78 is 0. The standard InChI is InChI=1S/C27H18ClNO/c28-23-15-13-19(14-16-23)17-22-18-26(21-8-2-1-3-9-21)29(27(22)30)25-12-6-10-20-7-4-5-11-24(20)25/h1-18H/b22-17+. The fraction of sp³-hybridized carbons (Fsp3) is 0. The third-order valence-electron chi connectivity index (χ3n) is 5.25. The SMILES string of the molecule is O=C1/C(=C/c2ccc(Cl)cc2)C=C(c2ccccc2)N1c1cccc2ccccc12. The Labute approximate surface area is 180 Å². The number of hydrogen-bond donors (Lipinski definition) is 0. The minimum Gasteiger partial charge on any atom is -0.276 e. The van der Waals surface area contributed by atoms with Gasteiger partial charge >= 0.3 is 0 Å². The van der Waals surface area contributed by atoms with E-state index in [1.807, 2.05) is 95.9 Å². The summed E-state index contributed by atoms with van der Waals surface area (Å²) in [5.74, 6) is -0.0415. The molecule has 0 saturated heterocycles. The van der Waals surface area contributed by atoms with E-state index in [2.05, 4.69) is 18.2 Å². The average molecular weight is 408 g/mol. The van der Waals surface area contributed by atoms with E-state index in [4.69, 9.17) is 11.6 Å². The maximum Gasteiger partial charge on any atom is 0.262 e. The summed E-state index contributed by atoms with van der Waals surface area (Å²) in [7, 11) is 0. The van der Waals surface area contributed by atoms with Gasteiger partial charge in [0.2, 0.25) is 0 Å². The number of rotatable bonds is 3. The molecule has 1 heterocycles. The number of benzene rings is 4. The van der Waals surface area contributed by atoms with E-state index in [1.165, 1.54) is 0 Å². The fourth-order valence-corrected chi connectivity index (χ4v) is 3.94. The first-order valence-corrected chi connectivity index (χ1v) is 10.2. The third kappa shape index (κ3) is 3.32. The van der Waals surface area contributed by atoms with Gasteiger partial charge in [-0.2, -0.15) is 0 Å². The molecule has 0 fully saturated rings. The zero-order chi connectivity index (χ0) is 20.5. The summed E-state index contributed by atoms with van der Waals surface area (Å²) in [4.78, 5) is 15.4. The molecule has 0 aromatic heterocycles. The molecule has 0 saturated carbocycles. The van der Waals surface area contributed by atoms with Crippen LogP contribution in [0.4, 0.5) is 5.69 Å². The lowest BCUT2D eigenvalue weighted by Gasteiger charge is -2.22. The Hall–Kier alpha value is -3.62. The Morgan fingerprint density at radius 3 is 2.23 bits per heavy atom. The van der Waals surface area contributed by atoms with Crippen molar-refractivity contribution >= 4 is 45.7 Å². The Balaban J connectivity index is 1.68. The quantitative estimate of drug-likeness (QED) is 0.336. The van der Waals surface area contributed by atoms with Crippen LogP contribution in [0.15, 0.2) is 109 Å². The summed E-state index contributed by atoms with van der Waals surface area (Å²) in [5.41, 5.74) is 4.33. The number of halogens is 1. The molecule has 1 amide bonds. The molecule has 144 valence electrons. The highest BCUT2D eigenvalue weighted by molar-refractivity contribution is 6.30. The van der Waals surface area contributed by atoms with Crippen molar-refractivity contribution in [3.63, 3.8) is 0 Å². The molecule has 4 aromatic carbocycles. The number of anilines is 1. The highest BCUT2D eigenvalue weighted by atomic mass is 35.5. The number of nitrogens with zero attached hydrogens (tertiary/aromatic N) is 1. The summed E-state index contributed by atoms with van der Waals surface area (Å²) in [6, 6.07) is 31.7. The lowest BCUT2D eigenvalue weighted by atomic mass is 10.1. The number of carbonyl (C=O) groups excluding carboxylic acids is 1. The first-order valence-electron chi connectivity index (χ1n) is 9.77. The smallest absolute Gasteiger partial charge is 0.262 e. The zero-order valence-electron chi connectivity index (χ0n) is 16.1. The van der Waals surface area contributed by atoms with Crippen molar-refractivity contribution in [1.82, 2.24) is 0 Å². The maximum absolute atomic E-state index is 13.6. The Morgan fingerprint density at radius 2 is 1.43 bits per heavy atom. The summed E-state index contributed by atoms with van der Waals surface area (Å²) in [6.07, 6.45) is 3.88. The Bertz CT molecular complexity index is 1300. The van der Waals surface area contributed by atoms with Crippen LogP contribution < -0.4 is 4.90 Å². The molecule has 4 aromatic rings. The van der Waals surface area contributed by atoms with Crippen LogP contribution in [0.5, 0.6) is 0 Å². The van der Waals surface area contributed by atoms with Gasteiger partial charge in [-0.05, 0) is 46.9 Å². The molecule has 0 spiro atoms. The molecule has 1 aliphatic heterocycles. The summed E-state index contributed by atoms with van der Waals surface area (Å²) in [5, 5.41) is 2.82. The van der Waals surface area contributed by atoms with Crippen molar-refractivity contribution in [3.05, 3.63) is 125 Å². The highest BCUT2D eigenvalue weighted by Crippen LogP contribution is 2.38. The van der Waals surface area contributed by atoms with E-state index < -0.39 is 0 Å². The van der Waals surface area contributed by atoms with Gasteiger partial charge in [0.25, 0.3) is 5.91 Å². The molecule has 1 aliphatic rings. The van der Waals surface area contributed by atoms with Gasteiger partial charge in [0.1, 0.15) is 0 Å². The van der Waals surface area contributed by atoms with Gasteiger partial charge in [0, 0.05) is 16.0 Å². The number of amides is 1. The summed E-state index contributed by atoms with van der Waals surface area (Å²) in [6.45, 7) is 0. The minimum atomic E-state index is -0.0415. The van der Waals surface area contributed by atoms with Crippen LogP contribution >= 0.6 is 11.6 Å². The van der Waals surface area contributed by atoms with E-state index in [-0.39, 0.29) is 5.91 Å². The van der Waals surface area contributed by atoms with Crippen LogP contribution in [0.25, 0.3) is 22.5 Å². The average Bonchev–Trinajstić information content (AvgIpc) is 3.11. The zero-order valence-corrected chi connectivity index (χ0v) is 16.9. The van der Waals surface area contributed by atoms with Crippen molar-refractivity contribution in [3.8, 4) is 0 Å². The Morgan fingerprint density at radius 1 is 0.733 bits per heavy atom. The van der Waals surface area contributed by atoms with E-state index in [1.54, 1.807) is 0 Å². The second kappa shape index (κ2) is 7.66. The number of carbonyl (C=O) groups is 1. The van der Waals surface area contributed by atoms with Gasteiger partial charge < -0.3 is 0 Å². The van der Waals surface area contributed by atoms with E-state index in [0.717, 1.165) is 33.3 Å². The molecular weight excluding hydrogens is 390 g/mol. The fourth-order valence-electron chi connectivity index (χ4n) is 3.82. The minimum absolute atomic E-state index is 0.0415. The van der Waals surface area contributed by atoms with Crippen LogP contribution in [0.1, 0.15) is 11.1 Å². The molecule has 0 aliphatic carbocycles. The highest BCUT2D eigenvalue weighted by Gasteiger charge is 2.31. The topological polar surface area (TPSA) is 20.3 Å². The van der Waals surface area contributed by atoms with Crippen LogP contribution in [-0.2, 0) is 4.79 Å². The van der Waals surface area contributed by atoms with Gasteiger partial charge in [-0.3, -0.25) is 9.69 Å². The van der Waals surface area contributed by atoms with Gasteiger partial charge in [-0.1, -0.05) is 90.5 Å². The van der Waals surface area contributed by atoms with Gasteiger partial charge in [0.15, 0.2) is 0 Å². The second-order valence-electron chi connectivity index (χ2n) is 7.19. The van der Waals surface area contributed by atoms with E-state index in [0.29, 0.717) is 10.6 Å². The van der Waals surface area contributed by atoms with E-state index >= 15 is 0 Å². The van der Waals surface area contributed by atoms with Crippen molar-refractivity contribution in [1.29, 1.82) is 0 Å². The molecule has 3 heteroatoms. The molecule has 0 radical (unpaired) electrons. The van der Waals surface area contributed by atoms with Gasteiger partial charge in [-0.15, -0.1) is 0 Å². The molecule has 0 N–H and O–H groups in total. The molecule has 0 atom stereocenters. The lowest BCUT2D eigenvalue weighted by Crippen LogP contribution is -2.25. The number of hydrogen-bond acceptors (Lipinski definition) is 1. The van der Waals surface area contributed by atoms with Crippen molar-refractivity contribution in [2.24, 2.45) is 0 Å². The summed E-state index contributed by atoms with van der Waals surface area (Å²) >= 11 is 6.01. The van der Waals surface area contributed by atoms with Crippen LogP contribution in [-0.4, -0.2) is 5.91 Å². The largest absolute Gasteiger partial charge is 0.276 e.